The zero-order chi connectivity index (χ0) is 14.0. The summed E-state index contributed by atoms with van der Waals surface area (Å²) in [5.74, 6) is 0.344. The predicted molar refractivity (Wildman–Crippen MR) is 76.3 cm³/mol. The quantitative estimate of drug-likeness (QED) is 0.568. The first-order valence-corrected chi connectivity index (χ1v) is 9.75. The molecule has 0 spiro atoms. The molecule has 0 amide bonds. The van der Waals surface area contributed by atoms with E-state index in [1.807, 2.05) is 0 Å². The first-order chi connectivity index (χ1) is 8.12. The van der Waals surface area contributed by atoms with Crippen molar-refractivity contribution >= 4 is 14.6 Å². The van der Waals surface area contributed by atoms with Crippen LogP contribution in [0.25, 0.3) is 0 Å². The molecule has 1 aliphatic rings. The first kappa shape index (κ1) is 15.9. The lowest BCUT2D eigenvalue weighted by Gasteiger charge is -2.46. The second kappa shape index (κ2) is 5.43. The van der Waals surface area contributed by atoms with E-state index in [4.69, 9.17) is 9.16 Å². The van der Waals surface area contributed by atoms with Gasteiger partial charge in [-0.1, -0.05) is 20.8 Å². The number of hydrogen-bond acceptors (Lipinski definition) is 3. The van der Waals surface area contributed by atoms with Gasteiger partial charge in [-0.05, 0) is 31.5 Å². The molecule has 2 atom stereocenters. The van der Waals surface area contributed by atoms with Gasteiger partial charge in [0.05, 0.1) is 12.2 Å². The van der Waals surface area contributed by atoms with Crippen LogP contribution < -0.4 is 0 Å². The SMILES string of the molecule is CC(C)(C)[Si](C)(C)O[C@@](C)(CC=O)[C@@H]1CCOC1. The molecular formula is C14H28O3Si. The maximum atomic E-state index is 11.0. The Morgan fingerprint density at radius 3 is 2.33 bits per heavy atom. The highest BCUT2D eigenvalue weighted by Gasteiger charge is 2.46. The summed E-state index contributed by atoms with van der Waals surface area (Å²) in [4.78, 5) is 11.0. The molecule has 106 valence electrons. The minimum atomic E-state index is -1.86. The molecule has 0 aromatic heterocycles. The molecule has 0 radical (unpaired) electrons. The maximum Gasteiger partial charge on any atom is 0.192 e. The Bertz CT molecular complexity index is 290. The molecule has 0 N–H and O–H groups in total. The monoisotopic (exact) mass is 272 g/mol. The van der Waals surface area contributed by atoms with Gasteiger partial charge in [0.1, 0.15) is 6.29 Å². The fourth-order valence-corrected chi connectivity index (χ4v) is 3.93. The Morgan fingerprint density at radius 2 is 1.94 bits per heavy atom. The van der Waals surface area contributed by atoms with Crippen LogP contribution in [0.4, 0.5) is 0 Å². The zero-order valence-electron chi connectivity index (χ0n) is 12.7. The van der Waals surface area contributed by atoms with Crippen molar-refractivity contribution in [3.63, 3.8) is 0 Å². The van der Waals surface area contributed by atoms with Gasteiger partial charge in [-0.25, -0.2) is 0 Å². The Hall–Kier alpha value is -0.193. The molecule has 1 fully saturated rings. The minimum Gasteiger partial charge on any atom is -0.411 e. The van der Waals surface area contributed by atoms with Crippen molar-refractivity contribution in [2.45, 2.75) is 64.3 Å². The van der Waals surface area contributed by atoms with Crippen LogP contribution in [-0.4, -0.2) is 33.4 Å². The summed E-state index contributed by atoms with van der Waals surface area (Å²) in [6, 6.07) is 0. The van der Waals surface area contributed by atoms with E-state index < -0.39 is 8.32 Å². The normalized spacial score (nSPS) is 24.9. The molecule has 1 rings (SSSR count). The second-order valence-corrected chi connectivity index (χ2v) is 11.8. The zero-order valence-corrected chi connectivity index (χ0v) is 13.7. The lowest BCUT2D eigenvalue weighted by molar-refractivity contribution is -0.113. The standard InChI is InChI=1S/C14H28O3Si/c1-13(2,3)18(5,6)17-14(4,8-9-15)12-7-10-16-11-12/h9,12H,7-8,10-11H2,1-6H3/t12-,14+/m1/s1. The number of hydrogen-bond donors (Lipinski definition) is 0. The van der Waals surface area contributed by atoms with Crippen molar-refractivity contribution in [3.8, 4) is 0 Å². The van der Waals surface area contributed by atoms with Crippen molar-refractivity contribution in [1.82, 2.24) is 0 Å². The molecule has 0 aromatic rings. The van der Waals surface area contributed by atoms with Crippen LogP contribution in [0.5, 0.6) is 0 Å². The fourth-order valence-electron chi connectivity index (χ4n) is 2.21. The average molecular weight is 272 g/mol. The third-order valence-electron chi connectivity index (χ3n) is 4.58. The summed E-state index contributed by atoms with van der Waals surface area (Å²) < 4.78 is 12.0. The summed E-state index contributed by atoms with van der Waals surface area (Å²) in [7, 11) is -1.86. The van der Waals surface area contributed by atoms with Gasteiger partial charge in [-0.15, -0.1) is 0 Å². The van der Waals surface area contributed by atoms with Gasteiger partial charge in [-0.3, -0.25) is 0 Å². The van der Waals surface area contributed by atoms with Crippen LogP contribution in [0.1, 0.15) is 40.5 Å². The van der Waals surface area contributed by atoms with E-state index in [1.165, 1.54) is 0 Å². The Morgan fingerprint density at radius 1 is 1.33 bits per heavy atom. The van der Waals surface area contributed by atoms with E-state index in [9.17, 15) is 4.79 Å². The van der Waals surface area contributed by atoms with Crippen LogP contribution >= 0.6 is 0 Å². The van der Waals surface area contributed by atoms with Gasteiger partial charge in [0, 0.05) is 18.9 Å². The summed E-state index contributed by atoms with van der Waals surface area (Å²) >= 11 is 0. The van der Waals surface area contributed by atoms with Gasteiger partial charge >= 0.3 is 0 Å². The van der Waals surface area contributed by atoms with Crippen LogP contribution in [0, 0.1) is 5.92 Å². The molecule has 1 aliphatic heterocycles. The van der Waals surface area contributed by atoms with Gasteiger partial charge in [-0.2, -0.15) is 0 Å². The largest absolute Gasteiger partial charge is 0.411 e. The van der Waals surface area contributed by atoms with Gasteiger partial charge < -0.3 is 14.0 Å². The molecule has 0 aliphatic carbocycles. The van der Waals surface area contributed by atoms with Crippen molar-refractivity contribution in [2.75, 3.05) is 13.2 Å². The smallest absolute Gasteiger partial charge is 0.192 e. The average Bonchev–Trinajstić information content (AvgIpc) is 2.67. The Kier molecular flexibility index (Phi) is 4.79. The molecule has 1 saturated heterocycles. The van der Waals surface area contributed by atoms with E-state index in [0.717, 1.165) is 25.9 Å². The predicted octanol–water partition coefficient (Wildman–Crippen LogP) is 3.39. The molecule has 0 unspecified atom stereocenters. The van der Waals surface area contributed by atoms with E-state index in [-0.39, 0.29) is 10.6 Å². The number of rotatable bonds is 5. The van der Waals surface area contributed by atoms with Crippen molar-refractivity contribution in [2.24, 2.45) is 5.92 Å². The number of carbonyl (C=O) groups excluding carboxylic acids is 1. The highest BCUT2D eigenvalue weighted by molar-refractivity contribution is 6.74. The van der Waals surface area contributed by atoms with E-state index >= 15 is 0 Å². The van der Waals surface area contributed by atoms with Crippen LogP contribution in [0.3, 0.4) is 0 Å². The fraction of sp³-hybridized carbons (Fsp3) is 0.929. The van der Waals surface area contributed by atoms with Gasteiger partial charge in [0.2, 0.25) is 0 Å². The van der Waals surface area contributed by atoms with Gasteiger partial charge in [0.25, 0.3) is 0 Å². The lowest BCUT2D eigenvalue weighted by Crippen LogP contribution is -2.52. The van der Waals surface area contributed by atoms with Crippen molar-refractivity contribution in [3.05, 3.63) is 0 Å². The summed E-state index contributed by atoms with van der Waals surface area (Å²) in [5, 5.41) is 0.163. The van der Waals surface area contributed by atoms with Crippen LogP contribution in [-0.2, 0) is 14.0 Å². The lowest BCUT2D eigenvalue weighted by atomic mass is 9.86. The van der Waals surface area contributed by atoms with E-state index in [0.29, 0.717) is 12.3 Å². The number of ether oxygens (including phenoxy) is 1. The first-order valence-electron chi connectivity index (χ1n) is 6.84. The van der Waals surface area contributed by atoms with Crippen LogP contribution in [0.15, 0.2) is 0 Å². The highest BCUT2D eigenvalue weighted by atomic mass is 28.4. The summed E-state index contributed by atoms with van der Waals surface area (Å²) in [5.41, 5.74) is -0.360. The Labute approximate surface area is 112 Å². The maximum absolute atomic E-state index is 11.0. The highest BCUT2D eigenvalue weighted by Crippen LogP contribution is 2.43. The molecule has 0 aromatic carbocycles. The summed E-state index contributed by atoms with van der Waals surface area (Å²) in [6.45, 7) is 14.8. The topological polar surface area (TPSA) is 35.5 Å². The number of aldehydes is 1. The molecule has 0 bridgehead atoms. The summed E-state index contributed by atoms with van der Waals surface area (Å²) in [6.07, 6.45) is 2.46. The van der Waals surface area contributed by atoms with Gasteiger partial charge in [0.15, 0.2) is 8.32 Å². The minimum absolute atomic E-state index is 0.163. The second-order valence-electron chi connectivity index (χ2n) is 7.11. The van der Waals surface area contributed by atoms with Crippen LogP contribution in [0.2, 0.25) is 18.1 Å². The van der Waals surface area contributed by atoms with Crippen molar-refractivity contribution in [1.29, 1.82) is 0 Å². The van der Waals surface area contributed by atoms with E-state index in [1.54, 1.807) is 0 Å². The molecule has 1 heterocycles. The number of carbonyl (C=O) groups is 1. The third-order valence-corrected chi connectivity index (χ3v) is 9.17. The molecule has 18 heavy (non-hydrogen) atoms. The molecular weight excluding hydrogens is 244 g/mol. The molecule has 3 nitrogen and oxygen atoms in total. The van der Waals surface area contributed by atoms with E-state index in [2.05, 4.69) is 40.8 Å². The third kappa shape index (κ3) is 3.43. The van der Waals surface area contributed by atoms with Crippen molar-refractivity contribution < 1.29 is 14.0 Å². The Balaban J connectivity index is 2.88. The molecule has 4 heteroatoms. The molecule has 0 saturated carbocycles.